The number of cyclic esters (lactones) is 1. The van der Waals surface area contributed by atoms with Crippen LogP contribution in [0.1, 0.15) is 6.42 Å². The van der Waals surface area contributed by atoms with E-state index in [9.17, 15) is 4.79 Å². The number of hydrogen-bond donors (Lipinski definition) is 1. The first-order valence-corrected chi connectivity index (χ1v) is 6.52. The number of carbonyl (C=O) groups is 1. The van der Waals surface area contributed by atoms with Gasteiger partial charge in [0.15, 0.2) is 0 Å². The van der Waals surface area contributed by atoms with Gasteiger partial charge in [-0.2, -0.15) is 0 Å². The molecule has 0 aliphatic carbocycles. The van der Waals surface area contributed by atoms with Crippen molar-refractivity contribution in [1.82, 2.24) is 9.88 Å². The number of aromatic nitrogens is 1. The molecule has 0 N–H and O–H groups in total. The van der Waals surface area contributed by atoms with Crippen molar-refractivity contribution in [3.8, 4) is 0 Å². The lowest BCUT2D eigenvalue weighted by molar-refractivity contribution is 0.150. The third kappa shape index (κ3) is 2.12. The zero-order valence-corrected chi connectivity index (χ0v) is 10.8. The van der Waals surface area contributed by atoms with Gasteiger partial charge < -0.3 is 9.64 Å². The number of pyridine rings is 1. The molecule has 0 saturated carbocycles. The molecule has 0 bridgehead atoms. The van der Waals surface area contributed by atoms with Crippen LogP contribution in [0.3, 0.4) is 0 Å². The summed E-state index contributed by atoms with van der Waals surface area (Å²) < 4.78 is 4.98. The van der Waals surface area contributed by atoms with Crippen LogP contribution in [0.5, 0.6) is 0 Å². The van der Waals surface area contributed by atoms with Crippen LogP contribution in [-0.2, 0) is 4.74 Å². The first kappa shape index (κ1) is 11.6. The molecule has 2 aliphatic rings. The Bertz CT molecular complexity index is 451. The normalized spacial score (nSPS) is 23.6. The molecule has 0 radical (unpaired) electrons. The van der Waals surface area contributed by atoms with Crippen LogP contribution < -0.4 is 4.90 Å². The van der Waals surface area contributed by atoms with Crippen LogP contribution in [0.25, 0.3) is 0 Å². The van der Waals surface area contributed by atoms with Crippen molar-refractivity contribution in [3.63, 3.8) is 0 Å². The fourth-order valence-corrected chi connectivity index (χ4v) is 2.64. The minimum atomic E-state index is -0.180. The van der Waals surface area contributed by atoms with Crippen molar-refractivity contribution in [3.05, 3.63) is 18.3 Å². The Labute approximate surface area is 111 Å². The molecule has 2 aliphatic heterocycles. The van der Waals surface area contributed by atoms with Gasteiger partial charge in [-0.05, 0) is 18.6 Å². The van der Waals surface area contributed by atoms with E-state index in [0.29, 0.717) is 13.2 Å². The van der Waals surface area contributed by atoms with Crippen LogP contribution in [0.15, 0.2) is 23.2 Å². The molecule has 6 heteroatoms. The van der Waals surface area contributed by atoms with Crippen LogP contribution in [0.4, 0.5) is 10.6 Å². The van der Waals surface area contributed by atoms with Gasteiger partial charge in [-0.1, -0.05) is 0 Å². The van der Waals surface area contributed by atoms with Crippen molar-refractivity contribution in [2.75, 3.05) is 31.1 Å². The third-order valence-corrected chi connectivity index (χ3v) is 3.72. The molecule has 1 aromatic heterocycles. The van der Waals surface area contributed by atoms with E-state index in [-0.39, 0.29) is 12.1 Å². The highest BCUT2D eigenvalue weighted by atomic mass is 32.1. The summed E-state index contributed by atoms with van der Waals surface area (Å²) in [5.41, 5.74) is 0. The minimum absolute atomic E-state index is 0.180. The highest BCUT2D eigenvalue weighted by Crippen LogP contribution is 2.23. The molecular weight excluding hydrogens is 250 g/mol. The molecule has 1 unspecified atom stereocenters. The van der Waals surface area contributed by atoms with Crippen molar-refractivity contribution >= 4 is 24.5 Å². The number of carbonyl (C=O) groups excluding carboxylic acids is 1. The first-order valence-electron chi connectivity index (χ1n) is 6.07. The summed E-state index contributed by atoms with van der Waals surface area (Å²) in [5, 5.41) is 0. The van der Waals surface area contributed by atoms with Crippen molar-refractivity contribution in [1.29, 1.82) is 0 Å². The van der Waals surface area contributed by atoms with E-state index in [0.717, 1.165) is 30.2 Å². The Balaban J connectivity index is 1.68. The zero-order valence-electron chi connectivity index (χ0n) is 9.95. The Kier molecular flexibility index (Phi) is 3.03. The van der Waals surface area contributed by atoms with Crippen LogP contribution >= 0.6 is 12.6 Å². The summed E-state index contributed by atoms with van der Waals surface area (Å²) in [6.07, 6.45) is 2.54. The van der Waals surface area contributed by atoms with E-state index in [4.69, 9.17) is 4.74 Å². The summed E-state index contributed by atoms with van der Waals surface area (Å²) in [4.78, 5) is 20.7. The van der Waals surface area contributed by atoms with E-state index in [1.165, 1.54) is 0 Å². The SMILES string of the molecule is O=C1OCCN1C1CCN(c2ccc(S)cn2)C1. The van der Waals surface area contributed by atoms with Crippen molar-refractivity contribution in [2.24, 2.45) is 0 Å². The second-order valence-electron chi connectivity index (χ2n) is 4.57. The van der Waals surface area contributed by atoms with Gasteiger partial charge in [-0.25, -0.2) is 9.78 Å². The van der Waals surface area contributed by atoms with Crippen molar-refractivity contribution < 1.29 is 9.53 Å². The maximum atomic E-state index is 11.5. The smallest absolute Gasteiger partial charge is 0.410 e. The van der Waals surface area contributed by atoms with Gasteiger partial charge in [0.25, 0.3) is 0 Å². The fourth-order valence-electron chi connectivity index (χ4n) is 2.51. The van der Waals surface area contributed by atoms with E-state index in [1.54, 1.807) is 6.20 Å². The average Bonchev–Trinajstić information content (AvgIpc) is 2.98. The van der Waals surface area contributed by atoms with Gasteiger partial charge in [0.2, 0.25) is 0 Å². The van der Waals surface area contributed by atoms with E-state index >= 15 is 0 Å². The predicted octanol–water partition coefficient (Wildman–Crippen LogP) is 1.40. The fraction of sp³-hybridized carbons (Fsp3) is 0.500. The second-order valence-corrected chi connectivity index (χ2v) is 5.09. The average molecular weight is 265 g/mol. The number of hydrogen-bond acceptors (Lipinski definition) is 5. The summed E-state index contributed by atoms with van der Waals surface area (Å²) >= 11 is 4.22. The van der Waals surface area contributed by atoms with Crippen LogP contribution in [0.2, 0.25) is 0 Å². The molecule has 5 nitrogen and oxygen atoms in total. The Morgan fingerprint density at radius 1 is 1.39 bits per heavy atom. The van der Waals surface area contributed by atoms with E-state index < -0.39 is 0 Å². The Hall–Kier alpha value is -1.43. The molecule has 1 atom stereocenters. The summed E-state index contributed by atoms with van der Waals surface area (Å²) in [5.74, 6) is 0.947. The largest absolute Gasteiger partial charge is 0.448 e. The van der Waals surface area contributed by atoms with E-state index in [1.807, 2.05) is 17.0 Å². The molecule has 96 valence electrons. The lowest BCUT2D eigenvalue weighted by atomic mass is 10.2. The van der Waals surface area contributed by atoms with Gasteiger partial charge in [0.1, 0.15) is 12.4 Å². The van der Waals surface area contributed by atoms with Crippen LogP contribution in [-0.4, -0.2) is 48.3 Å². The van der Waals surface area contributed by atoms with Gasteiger partial charge in [0.05, 0.1) is 12.6 Å². The quantitative estimate of drug-likeness (QED) is 0.821. The predicted molar refractivity (Wildman–Crippen MR) is 70.2 cm³/mol. The topological polar surface area (TPSA) is 45.7 Å². The van der Waals surface area contributed by atoms with Crippen molar-refractivity contribution in [2.45, 2.75) is 17.4 Å². The number of thiol groups is 1. The molecule has 18 heavy (non-hydrogen) atoms. The van der Waals surface area contributed by atoms with Gasteiger partial charge in [0, 0.05) is 24.2 Å². The number of nitrogens with zero attached hydrogens (tertiary/aromatic N) is 3. The molecule has 3 heterocycles. The molecule has 0 aromatic carbocycles. The summed E-state index contributed by atoms with van der Waals surface area (Å²) in [6.45, 7) is 2.98. The number of amides is 1. The van der Waals surface area contributed by atoms with Gasteiger partial charge >= 0.3 is 6.09 Å². The highest BCUT2D eigenvalue weighted by Gasteiger charge is 2.34. The maximum Gasteiger partial charge on any atom is 0.410 e. The lowest BCUT2D eigenvalue weighted by Crippen LogP contribution is -2.38. The molecule has 3 rings (SSSR count). The molecule has 2 fully saturated rings. The summed E-state index contributed by atoms with van der Waals surface area (Å²) in [7, 11) is 0. The minimum Gasteiger partial charge on any atom is -0.448 e. The molecule has 1 amide bonds. The van der Waals surface area contributed by atoms with Gasteiger partial charge in [-0.15, -0.1) is 12.6 Å². The molecule has 0 spiro atoms. The van der Waals surface area contributed by atoms with Gasteiger partial charge in [-0.3, -0.25) is 4.90 Å². The highest BCUT2D eigenvalue weighted by molar-refractivity contribution is 7.80. The number of ether oxygens (including phenoxy) is 1. The molecular formula is C12H15N3O2S. The zero-order chi connectivity index (χ0) is 12.5. The standard InChI is InChI=1S/C12H15N3O2S/c16-12-15(5-6-17-12)9-3-4-14(8-9)11-2-1-10(18)7-13-11/h1-2,7,9,18H,3-6,8H2. The maximum absolute atomic E-state index is 11.5. The Morgan fingerprint density at radius 2 is 2.28 bits per heavy atom. The Morgan fingerprint density at radius 3 is 2.94 bits per heavy atom. The lowest BCUT2D eigenvalue weighted by Gasteiger charge is -2.22. The van der Waals surface area contributed by atoms with Crippen LogP contribution in [0, 0.1) is 0 Å². The third-order valence-electron chi connectivity index (χ3n) is 3.45. The monoisotopic (exact) mass is 265 g/mol. The number of anilines is 1. The first-order chi connectivity index (χ1) is 8.74. The molecule has 1 aromatic rings. The summed E-state index contributed by atoms with van der Waals surface area (Å²) in [6, 6.07) is 4.15. The van der Waals surface area contributed by atoms with E-state index in [2.05, 4.69) is 22.5 Å². The molecule has 2 saturated heterocycles. The second kappa shape index (κ2) is 4.68. The number of rotatable bonds is 2.